The minimum Gasteiger partial charge on any atom is -0.436 e. The van der Waals surface area contributed by atoms with Gasteiger partial charge in [0.15, 0.2) is 0 Å². The van der Waals surface area contributed by atoms with E-state index >= 15 is 0 Å². The lowest BCUT2D eigenvalue weighted by Gasteiger charge is -2.27. The molecule has 3 aromatic rings. The normalized spacial score (nSPS) is 20.5. The van der Waals surface area contributed by atoms with Crippen LogP contribution in [-0.4, -0.2) is 36.5 Å². The molecule has 29 heavy (non-hydrogen) atoms. The van der Waals surface area contributed by atoms with Gasteiger partial charge in [-0.15, -0.1) is 11.3 Å². The molecule has 8 nitrogen and oxygen atoms in total. The van der Waals surface area contributed by atoms with E-state index in [2.05, 4.69) is 9.88 Å². The zero-order valence-electron chi connectivity index (χ0n) is 15.9. The summed E-state index contributed by atoms with van der Waals surface area (Å²) in [5.41, 5.74) is 2.39. The van der Waals surface area contributed by atoms with Crippen molar-refractivity contribution in [2.45, 2.75) is 39.1 Å². The first-order chi connectivity index (χ1) is 13.8. The number of nitro groups is 1. The fraction of sp³-hybridized carbons (Fsp3) is 0.368. The van der Waals surface area contributed by atoms with Crippen LogP contribution in [0.15, 0.2) is 24.4 Å². The average molecular weight is 415 g/mol. The largest absolute Gasteiger partial charge is 0.436 e. The van der Waals surface area contributed by atoms with E-state index in [1.807, 2.05) is 13.8 Å². The van der Waals surface area contributed by atoms with E-state index in [0.717, 1.165) is 28.4 Å². The van der Waals surface area contributed by atoms with E-state index in [1.54, 1.807) is 22.0 Å². The molecule has 150 valence electrons. The van der Waals surface area contributed by atoms with Crippen LogP contribution in [0.5, 0.6) is 6.01 Å². The Bertz CT molecular complexity index is 1090. The summed E-state index contributed by atoms with van der Waals surface area (Å²) in [6.45, 7) is 6.55. The van der Waals surface area contributed by atoms with Gasteiger partial charge in [0.05, 0.1) is 12.2 Å². The number of hydrogen-bond acceptors (Lipinski definition) is 7. The maximum Gasteiger partial charge on any atom is 0.415 e. The molecule has 10 heteroatoms. The summed E-state index contributed by atoms with van der Waals surface area (Å²) < 4.78 is 21.0. The van der Waals surface area contributed by atoms with Crippen molar-refractivity contribution in [2.75, 3.05) is 6.54 Å². The quantitative estimate of drug-likeness (QED) is 0.479. The molecule has 4 heterocycles. The number of imidazole rings is 1. The highest BCUT2D eigenvalue weighted by Gasteiger charge is 2.42. The number of ether oxygens (including phenoxy) is 1. The molecule has 2 aliphatic heterocycles. The molecule has 0 fully saturated rings. The Morgan fingerprint density at radius 1 is 1.38 bits per heavy atom. The molecular formula is C19H18FN5O3S. The Morgan fingerprint density at radius 3 is 2.90 bits per heavy atom. The van der Waals surface area contributed by atoms with Crippen molar-refractivity contribution in [2.24, 2.45) is 0 Å². The van der Waals surface area contributed by atoms with E-state index in [-0.39, 0.29) is 11.6 Å². The van der Waals surface area contributed by atoms with Gasteiger partial charge in [-0.25, -0.2) is 9.37 Å². The zero-order chi connectivity index (χ0) is 20.3. The Hall–Kier alpha value is -2.85. The van der Waals surface area contributed by atoms with E-state index in [1.165, 1.54) is 23.2 Å². The third-order valence-electron chi connectivity index (χ3n) is 5.25. The van der Waals surface area contributed by atoms with Crippen LogP contribution < -0.4 is 4.74 Å². The lowest BCUT2D eigenvalue weighted by molar-refractivity contribution is -0.389. The van der Waals surface area contributed by atoms with Gasteiger partial charge in [-0.2, -0.15) is 0 Å². The number of hydrogen-bond donors (Lipinski definition) is 0. The van der Waals surface area contributed by atoms with E-state index < -0.39 is 10.5 Å². The van der Waals surface area contributed by atoms with Crippen molar-refractivity contribution in [3.63, 3.8) is 0 Å². The van der Waals surface area contributed by atoms with Gasteiger partial charge in [-0.3, -0.25) is 9.47 Å². The molecule has 0 amide bonds. The monoisotopic (exact) mass is 415 g/mol. The van der Waals surface area contributed by atoms with Crippen LogP contribution in [0.4, 0.5) is 10.2 Å². The fourth-order valence-corrected chi connectivity index (χ4v) is 5.24. The van der Waals surface area contributed by atoms with Crippen molar-refractivity contribution < 1.29 is 14.1 Å². The van der Waals surface area contributed by atoms with E-state index in [9.17, 15) is 14.5 Å². The topological polar surface area (TPSA) is 86.3 Å². The van der Waals surface area contributed by atoms with Gasteiger partial charge in [-0.05, 0) is 42.5 Å². The van der Waals surface area contributed by atoms with Gasteiger partial charge in [0.1, 0.15) is 22.6 Å². The third-order valence-corrected chi connectivity index (χ3v) is 6.37. The van der Waals surface area contributed by atoms with Gasteiger partial charge in [0.25, 0.3) is 0 Å². The van der Waals surface area contributed by atoms with Gasteiger partial charge >= 0.3 is 11.8 Å². The Kier molecular flexibility index (Phi) is 3.97. The van der Waals surface area contributed by atoms with Crippen LogP contribution in [0.2, 0.25) is 0 Å². The van der Waals surface area contributed by atoms with Crippen molar-refractivity contribution >= 4 is 17.2 Å². The van der Waals surface area contributed by atoms with Crippen LogP contribution in [0.25, 0.3) is 10.6 Å². The zero-order valence-corrected chi connectivity index (χ0v) is 16.7. The van der Waals surface area contributed by atoms with Crippen LogP contribution in [0, 0.1) is 22.9 Å². The summed E-state index contributed by atoms with van der Waals surface area (Å²) in [5.74, 6) is -0.435. The van der Waals surface area contributed by atoms with Crippen molar-refractivity contribution in [3.8, 4) is 16.6 Å². The molecule has 0 N–H and O–H groups in total. The lowest BCUT2D eigenvalue weighted by Crippen LogP contribution is -2.43. The Balaban J connectivity index is 1.27. The predicted molar refractivity (Wildman–Crippen MR) is 104 cm³/mol. The van der Waals surface area contributed by atoms with Crippen LogP contribution in [0.3, 0.4) is 0 Å². The average Bonchev–Trinajstić information content (AvgIpc) is 3.33. The third kappa shape index (κ3) is 3.18. The molecule has 5 rings (SSSR count). The van der Waals surface area contributed by atoms with Crippen LogP contribution in [0.1, 0.15) is 23.1 Å². The minimum atomic E-state index is -0.517. The van der Waals surface area contributed by atoms with E-state index in [4.69, 9.17) is 9.72 Å². The lowest BCUT2D eigenvalue weighted by atomic mass is 10.1. The predicted octanol–water partition coefficient (Wildman–Crippen LogP) is 3.53. The summed E-state index contributed by atoms with van der Waals surface area (Å²) in [7, 11) is 0. The molecule has 0 spiro atoms. The second-order valence-electron chi connectivity index (χ2n) is 7.81. The summed E-state index contributed by atoms with van der Waals surface area (Å²) in [5, 5.41) is 11.8. The minimum absolute atomic E-state index is 0.196. The number of halogens is 1. The van der Waals surface area contributed by atoms with E-state index in [0.29, 0.717) is 25.6 Å². The molecule has 0 saturated heterocycles. The van der Waals surface area contributed by atoms with Gasteiger partial charge in [-0.1, -0.05) is 0 Å². The smallest absolute Gasteiger partial charge is 0.415 e. The second-order valence-corrected chi connectivity index (χ2v) is 8.90. The summed E-state index contributed by atoms with van der Waals surface area (Å²) in [4.78, 5) is 22.5. The molecule has 0 aliphatic carbocycles. The molecule has 1 aromatic carbocycles. The first-order valence-corrected chi connectivity index (χ1v) is 9.99. The highest BCUT2D eigenvalue weighted by Crippen LogP contribution is 2.37. The fourth-order valence-electron chi connectivity index (χ4n) is 4.03. The maximum absolute atomic E-state index is 13.4. The molecule has 2 aromatic heterocycles. The molecule has 0 radical (unpaired) electrons. The van der Waals surface area contributed by atoms with Crippen molar-refractivity contribution in [1.82, 2.24) is 19.4 Å². The second kappa shape index (κ2) is 6.33. The van der Waals surface area contributed by atoms with Crippen molar-refractivity contribution in [1.29, 1.82) is 0 Å². The molecule has 0 saturated carbocycles. The highest BCUT2D eigenvalue weighted by molar-refractivity contribution is 7.15. The number of fused-ring (bicyclic) bond motifs is 2. The number of benzene rings is 1. The number of aryl methyl sites for hydroxylation is 1. The number of rotatable bonds is 4. The highest BCUT2D eigenvalue weighted by atomic mass is 32.1. The van der Waals surface area contributed by atoms with Gasteiger partial charge in [0.2, 0.25) is 0 Å². The first-order valence-electron chi connectivity index (χ1n) is 9.18. The maximum atomic E-state index is 13.4. The molecule has 2 aliphatic rings. The SMILES string of the molecule is Cc1cc(F)ccc1-c1nc2c(s1)CN(C[C@@]1(C)Cn3cc([N+](=O)[O-])nc3O1)C2. The van der Waals surface area contributed by atoms with Crippen LogP contribution in [-0.2, 0) is 19.6 Å². The molecular weight excluding hydrogens is 397 g/mol. The van der Waals surface area contributed by atoms with Crippen molar-refractivity contribution in [3.05, 3.63) is 56.5 Å². The summed E-state index contributed by atoms with van der Waals surface area (Å²) in [6, 6.07) is 5.07. The number of nitrogens with zero attached hydrogens (tertiary/aromatic N) is 5. The first kappa shape index (κ1) is 18.2. The van der Waals surface area contributed by atoms with Gasteiger partial charge < -0.3 is 14.9 Å². The Morgan fingerprint density at radius 2 is 2.21 bits per heavy atom. The number of aromatic nitrogens is 3. The summed E-state index contributed by atoms with van der Waals surface area (Å²) in [6.07, 6.45) is 1.42. The Labute approximate surface area is 169 Å². The van der Waals surface area contributed by atoms with Crippen LogP contribution >= 0.6 is 11.3 Å². The van der Waals surface area contributed by atoms with Gasteiger partial charge in [0, 0.05) is 35.1 Å². The summed E-state index contributed by atoms with van der Waals surface area (Å²) >= 11 is 1.64. The molecule has 0 bridgehead atoms. The standard InChI is InChI=1S/C19H18FN5O3S/c1-11-5-12(20)3-4-13(11)17-21-14-6-23(7-15(14)29-17)9-19(2)10-24-8-16(25(26)27)22-18(24)28-19/h3-5,8H,6-7,9-10H2,1-2H3/t19-/m0/s1. The molecule has 1 atom stereocenters. The molecule has 0 unspecified atom stereocenters. The number of thiazole rings is 1.